The minimum atomic E-state index is -4.81. The van der Waals surface area contributed by atoms with Crippen LogP contribution >= 0.6 is 0 Å². The van der Waals surface area contributed by atoms with E-state index in [1.807, 2.05) is 12.1 Å². The van der Waals surface area contributed by atoms with Crippen LogP contribution < -0.4 is 19.1 Å². The summed E-state index contributed by atoms with van der Waals surface area (Å²) >= 11 is 0. The first-order valence-electron chi connectivity index (χ1n) is 8.75. The lowest BCUT2D eigenvalue weighted by atomic mass is 10.0. The molecule has 0 N–H and O–H groups in total. The van der Waals surface area contributed by atoms with Crippen molar-refractivity contribution < 1.29 is 32.2 Å². The number of ether oxygens (including phenoxy) is 3. The predicted octanol–water partition coefficient (Wildman–Crippen LogP) is 4.78. The first-order valence-corrected chi connectivity index (χ1v) is 8.75. The molecule has 0 saturated carbocycles. The standard InChI is InChI=1S/C21H15F3N2O4/c1-26-10-8-15-17-13(7-9-25-15)11-16(28-2)19(18(17)26)29-20(27)12-3-5-14(6-4-12)30-21(22,23)24/h3-11H,1-2H3. The summed E-state index contributed by atoms with van der Waals surface area (Å²) in [6.45, 7) is 0. The van der Waals surface area contributed by atoms with Gasteiger partial charge in [-0.15, -0.1) is 13.2 Å². The van der Waals surface area contributed by atoms with Crippen LogP contribution in [0.25, 0.3) is 16.8 Å². The fourth-order valence-electron chi connectivity index (χ4n) is 3.22. The van der Waals surface area contributed by atoms with Crippen LogP contribution in [-0.4, -0.2) is 31.5 Å². The number of hydrogen-bond donors (Lipinski definition) is 0. The lowest BCUT2D eigenvalue weighted by Gasteiger charge is -2.25. The van der Waals surface area contributed by atoms with Crippen LogP contribution in [0, 0.1) is 0 Å². The molecule has 0 spiro atoms. The SMILES string of the molecule is COc1cc2ccnc3c2c(c1OC(=O)c1ccc(OC(F)(F)F)cc1)N(C)C=C3. The molecule has 6 nitrogen and oxygen atoms in total. The van der Waals surface area contributed by atoms with E-state index in [0.717, 1.165) is 22.9 Å². The van der Waals surface area contributed by atoms with Gasteiger partial charge in [-0.2, -0.15) is 0 Å². The topological polar surface area (TPSA) is 60.9 Å². The minimum Gasteiger partial charge on any atom is -0.493 e. The zero-order valence-electron chi connectivity index (χ0n) is 15.9. The number of benzene rings is 2. The number of alkyl halides is 3. The molecule has 1 aliphatic rings. The average molecular weight is 416 g/mol. The summed E-state index contributed by atoms with van der Waals surface area (Å²) in [7, 11) is 3.25. The van der Waals surface area contributed by atoms with Gasteiger partial charge < -0.3 is 19.1 Å². The van der Waals surface area contributed by atoms with Crippen LogP contribution in [0.5, 0.6) is 17.2 Å². The molecule has 0 radical (unpaired) electrons. The highest BCUT2D eigenvalue weighted by Gasteiger charge is 2.31. The number of carbonyl (C=O) groups excluding carboxylic acids is 1. The Morgan fingerprint density at radius 2 is 1.87 bits per heavy atom. The molecule has 0 fully saturated rings. The first-order chi connectivity index (χ1) is 14.3. The number of esters is 1. The number of aromatic nitrogens is 1. The van der Waals surface area contributed by atoms with E-state index in [4.69, 9.17) is 9.47 Å². The molecule has 2 aromatic carbocycles. The average Bonchev–Trinajstić information content (AvgIpc) is 2.70. The van der Waals surface area contributed by atoms with Crippen molar-refractivity contribution in [1.29, 1.82) is 0 Å². The third-order valence-electron chi connectivity index (χ3n) is 4.52. The molecule has 30 heavy (non-hydrogen) atoms. The maximum atomic E-state index is 12.7. The van der Waals surface area contributed by atoms with Crippen molar-refractivity contribution in [3.63, 3.8) is 0 Å². The lowest BCUT2D eigenvalue weighted by molar-refractivity contribution is -0.274. The molecular weight excluding hydrogens is 401 g/mol. The molecule has 0 unspecified atom stereocenters. The third kappa shape index (κ3) is 3.61. The van der Waals surface area contributed by atoms with Gasteiger partial charge in [0.15, 0.2) is 11.5 Å². The van der Waals surface area contributed by atoms with Gasteiger partial charge in [0.2, 0.25) is 0 Å². The number of halogens is 3. The van der Waals surface area contributed by atoms with Gasteiger partial charge in [-0.3, -0.25) is 4.98 Å². The second-order valence-electron chi connectivity index (χ2n) is 6.44. The number of anilines is 1. The number of hydrogen-bond acceptors (Lipinski definition) is 6. The van der Waals surface area contributed by atoms with Crippen LogP contribution in [0.2, 0.25) is 0 Å². The highest BCUT2D eigenvalue weighted by molar-refractivity contribution is 6.07. The zero-order valence-corrected chi connectivity index (χ0v) is 15.9. The number of rotatable bonds is 4. The van der Waals surface area contributed by atoms with Gasteiger partial charge in [-0.1, -0.05) is 0 Å². The van der Waals surface area contributed by atoms with E-state index in [9.17, 15) is 18.0 Å². The zero-order chi connectivity index (χ0) is 21.5. The van der Waals surface area contributed by atoms with E-state index >= 15 is 0 Å². The second-order valence-corrected chi connectivity index (χ2v) is 6.44. The predicted molar refractivity (Wildman–Crippen MR) is 104 cm³/mol. The molecule has 154 valence electrons. The maximum absolute atomic E-state index is 12.7. The first kappa shape index (κ1) is 19.6. The van der Waals surface area contributed by atoms with Gasteiger partial charge in [0, 0.05) is 24.8 Å². The van der Waals surface area contributed by atoms with Crippen LogP contribution in [-0.2, 0) is 0 Å². The molecule has 0 atom stereocenters. The highest BCUT2D eigenvalue weighted by Crippen LogP contribution is 2.46. The number of nitrogens with zero attached hydrogens (tertiary/aromatic N) is 2. The smallest absolute Gasteiger partial charge is 0.493 e. The molecule has 0 aliphatic carbocycles. The van der Waals surface area contributed by atoms with Crippen molar-refractivity contribution in [1.82, 2.24) is 4.98 Å². The summed E-state index contributed by atoms with van der Waals surface area (Å²) in [6, 6.07) is 8.03. The summed E-state index contributed by atoms with van der Waals surface area (Å²) < 4.78 is 51.8. The van der Waals surface area contributed by atoms with Gasteiger partial charge in [-0.25, -0.2) is 4.79 Å². The Balaban J connectivity index is 1.71. The van der Waals surface area contributed by atoms with Crippen molar-refractivity contribution in [2.24, 2.45) is 0 Å². The molecule has 0 saturated heterocycles. The molecule has 1 aliphatic heterocycles. The minimum absolute atomic E-state index is 0.0549. The maximum Gasteiger partial charge on any atom is 0.573 e. The van der Waals surface area contributed by atoms with Gasteiger partial charge in [0.25, 0.3) is 0 Å². The van der Waals surface area contributed by atoms with Crippen molar-refractivity contribution >= 4 is 28.5 Å². The molecule has 2 heterocycles. The van der Waals surface area contributed by atoms with E-state index in [1.54, 1.807) is 30.4 Å². The number of pyridine rings is 1. The van der Waals surface area contributed by atoms with Crippen LogP contribution in [0.1, 0.15) is 16.1 Å². The Morgan fingerprint density at radius 1 is 1.13 bits per heavy atom. The van der Waals surface area contributed by atoms with Gasteiger partial charge in [0.05, 0.1) is 24.1 Å². The van der Waals surface area contributed by atoms with Crippen LogP contribution in [0.4, 0.5) is 18.9 Å². The summed E-state index contributed by atoms with van der Waals surface area (Å²) in [6.07, 6.45) is 0.483. The Bertz CT molecular complexity index is 1160. The van der Waals surface area contributed by atoms with Gasteiger partial charge >= 0.3 is 12.3 Å². The van der Waals surface area contributed by atoms with E-state index in [2.05, 4.69) is 9.72 Å². The Morgan fingerprint density at radius 3 is 2.53 bits per heavy atom. The number of methoxy groups -OCH3 is 1. The van der Waals surface area contributed by atoms with Gasteiger partial charge in [-0.05, 0) is 47.9 Å². The largest absolute Gasteiger partial charge is 0.573 e. The molecular formula is C21H15F3N2O4. The quantitative estimate of drug-likeness (QED) is 0.451. The highest BCUT2D eigenvalue weighted by atomic mass is 19.4. The van der Waals surface area contributed by atoms with E-state index in [-0.39, 0.29) is 11.3 Å². The summed E-state index contributed by atoms with van der Waals surface area (Å²) in [4.78, 5) is 18.8. The summed E-state index contributed by atoms with van der Waals surface area (Å²) in [5, 5.41) is 1.65. The Labute approximate surface area is 169 Å². The van der Waals surface area contributed by atoms with Crippen molar-refractivity contribution in [2.75, 3.05) is 19.1 Å². The fourth-order valence-corrected chi connectivity index (χ4v) is 3.22. The molecule has 0 bridgehead atoms. The van der Waals surface area contributed by atoms with Gasteiger partial charge in [0.1, 0.15) is 5.75 Å². The van der Waals surface area contributed by atoms with E-state index < -0.39 is 18.1 Å². The molecule has 3 aromatic rings. The second kappa shape index (κ2) is 7.25. The fraction of sp³-hybridized carbons (Fsp3) is 0.143. The van der Waals surface area contributed by atoms with E-state index in [1.165, 1.54) is 19.2 Å². The monoisotopic (exact) mass is 416 g/mol. The molecule has 4 rings (SSSR count). The van der Waals surface area contributed by atoms with Crippen molar-refractivity contribution in [2.45, 2.75) is 6.36 Å². The molecule has 1 aromatic heterocycles. The van der Waals surface area contributed by atoms with E-state index in [0.29, 0.717) is 17.1 Å². The van der Waals surface area contributed by atoms with Crippen LogP contribution in [0.3, 0.4) is 0 Å². The van der Waals surface area contributed by atoms with Crippen molar-refractivity contribution in [3.05, 3.63) is 60.1 Å². The molecule has 0 amide bonds. The summed E-state index contributed by atoms with van der Waals surface area (Å²) in [5.74, 6) is -0.664. The van der Waals surface area contributed by atoms with Crippen molar-refractivity contribution in [3.8, 4) is 17.2 Å². The van der Waals surface area contributed by atoms with Crippen LogP contribution in [0.15, 0.2) is 48.8 Å². The third-order valence-corrected chi connectivity index (χ3v) is 4.52. The summed E-state index contributed by atoms with van der Waals surface area (Å²) in [5.41, 5.74) is 1.37. The normalized spacial score (nSPS) is 12.8. The lowest BCUT2D eigenvalue weighted by Crippen LogP contribution is -2.18. The number of carbonyl (C=O) groups is 1. The Hall–Kier alpha value is -3.75. The Kier molecular flexibility index (Phi) is 4.73. The molecule has 9 heteroatoms.